The number of anilines is 1. The summed E-state index contributed by atoms with van der Waals surface area (Å²) in [6.07, 6.45) is 1.41. The Morgan fingerprint density at radius 2 is 1.73 bits per heavy atom. The summed E-state index contributed by atoms with van der Waals surface area (Å²) in [5, 5.41) is 26.6. The van der Waals surface area contributed by atoms with Gasteiger partial charge in [0.15, 0.2) is 0 Å². The van der Waals surface area contributed by atoms with Crippen LogP contribution in [0.2, 0.25) is 0 Å². The molecule has 4 N–H and O–H groups in total. The van der Waals surface area contributed by atoms with Gasteiger partial charge in [-0.05, 0) is 73.0 Å². The first-order valence-corrected chi connectivity index (χ1v) is 9.02. The zero-order valence-corrected chi connectivity index (χ0v) is 15.0. The molecule has 0 spiro atoms. The zero-order valence-electron chi connectivity index (χ0n) is 14.1. The SMILES string of the molecule is Cc1cc(/C=C(\C#N)C(=O)Nc2ccc(S(N)(=O)=O)cc2)cc(C)c1O. The minimum atomic E-state index is -3.82. The molecule has 0 radical (unpaired) electrons. The summed E-state index contributed by atoms with van der Waals surface area (Å²) in [6.45, 7) is 3.44. The van der Waals surface area contributed by atoms with Crippen LogP contribution in [0.4, 0.5) is 5.69 Å². The van der Waals surface area contributed by atoms with E-state index >= 15 is 0 Å². The summed E-state index contributed by atoms with van der Waals surface area (Å²) >= 11 is 0. The van der Waals surface area contributed by atoms with Gasteiger partial charge < -0.3 is 10.4 Å². The molecule has 0 saturated carbocycles. The lowest BCUT2D eigenvalue weighted by molar-refractivity contribution is -0.112. The van der Waals surface area contributed by atoms with Crippen LogP contribution >= 0.6 is 0 Å². The number of carbonyl (C=O) groups is 1. The zero-order chi connectivity index (χ0) is 19.5. The van der Waals surface area contributed by atoms with Crippen LogP contribution in [0.3, 0.4) is 0 Å². The van der Waals surface area contributed by atoms with Crippen molar-refractivity contribution in [3.8, 4) is 11.8 Å². The predicted octanol–water partition coefficient (Wildman–Crippen LogP) is 2.20. The molecule has 26 heavy (non-hydrogen) atoms. The van der Waals surface area contributed by atoms with Gasteiger partial charge in [-0.3, -0.25) is 4.79 Å². The third-order valence-corrected chi connectivity index (χ3v) is 4.56. The van der Waals surface area contributed by atoms with Crippen molar-refractivity contribution < 1.29 is 18.3 Å². The average molecular weight is 371 g/mol. The number of hydrogen-bond donors (Lipinski definition) is 3. The van der Waals surface area contributed by atoms with E-state index in [4.69, 9.17) is 5.14 Å². The Morgan fingerprint density at radius 3 is 2.19 bits per heavy atom. The lowest BCUT2D eigenvalue weighted by atomic mass is 10.0. The number of nitrogens with zero attached hydrogens (tertiary/aromatic N) is 1. The highest BCUT2D eigenvalue weighted by Crippen LogP contribution is 2.24. The molecule has 0 bridgehead atoms. The van der Waals surface area contributed by atoms with E-state index in [9.17, 15) is 23.6 Å². The maximum Gasteiger partial charge on any atom is 0.266 e. The van der Waals surface area contributed by atoms with Gasteiger partial charge in [-0.25, -0.2) is 13.6 Å². The number of nitriles is 1. The van der Waals surface area contributed by atoms with Crippen LogP contribution in [0.15, 0.2) is 46.9 Å². The van der Waals surface area contributed by atoms with Crippen molar-refractivity contribution in [2.45, 2.75) is 18.7 Å². The van der Waals surface area contributed by atoms with Gasteiger partial charge in [-0.1, -0.05) is 0 Å². The van der Waals surface area contributed by atoms with Crippen LogP contribution in [-0.2, 0) is 14.8 Å². The summed E-state index contributed by atoms with van der Waals surface area (Å²) in [5.41, 5.74) is 2.06. The topological polar surface area (TPSA) is 133 Å². The van der Waals surface area contributed by atoms with Crippen LogP contribution in [-0.4, -0.2) is 19.4 Å². The minimum Gasteiger partial charge on any atom is -0.507 e. The summed E-state index contributed by atoms with van der Waals surface area (Å²) in [4.78, 5) is 12.2. The van der Waals surface area contributed by atoms with Crippen molar-refractivity contribution in [3.05, 3.63) is 58.7 Å². The normalized spacial score (nSPS) is 11.7. The molecular weight excluding hydrogens is 354 g/mol. The fourth-order valence-corrected chi connectivity index (χ4v) is 2.83. The van der Waals surface area contributed by atoms with E-state index in [1.807, 2.05) is 6.07 Å². The predicted molar refractivity (Wildman–Crippen MR) is 97.6 cm³/mol. The van der Waals surface area contributed by atoms with Crippen molar-refractivity contribution in [1.29, 1.82) is 5.26 Å². The highest BCUT2D eigenvalue weighted by atomic mass is 32.2. The smallest absolute Gasteiger partial charge is 0.266 e. The second-order valence-corrected chi connectivity index (χ2v) is 7.26. The fourth-order valence-electron chi connectivity index (χ4n) is 2.31. The molecule has 0 fully saturated rings. The summed E-state index contributed by atoms with van der Waals surface area (Å²) in [7, 11) is -3.82. The Balaban J connectivity index is 2.25. The molecule has 2 aromatic rings. The number of aryl methyl sites for hydroxylation is 2. The van der Waals surface area contributed by atoms with E-state index in [-0.39, 0.29) is 16.2 Å². The molecule has 0 heterocycles. The standard InChI is InChI=1S/C18H17N3O4S/c1-11-7-13(8-12(2)17(11)22)9-14(10-19)18(23)21-15-3-5-16(6-4-15)26(20,24)25/h3-9,22H,1-2H3,(H,21,23)(H2,20,24,25)/b14-9+. The summed E-state index contributed by atoms with van der Waals surface area (Å²) < 4.78 is 22.4. The van der Waals surface area contributed by atoms with Crippen LogP contribution in [0, 0.1) is 25.2 Å². The van der Waals surface area contributed by atoms with Gasteiger partial charge >= 0.3 is 0 Å². The maximum absolute atomic E-state index is 12.3. The Morgan fingerprint density at radius 1 is 1.19 bits per heavy atom. The summed E-state index contributed by atoms with van der Waals surface area (Å²) in [6, 6.07) is 10.4. The number of rotatable bonds is 4. The third-order valence-electron chi connectivity index (χ3n) is 3.63. The van der Waals surface area contributed by atoms with Crippen LogP contribution < -0.4 is 10.5 Å². The number of primary sulfonamides is 1. The molecule has 1 amide bonds. The van der Waals surface area contributed by atoms with E-state index in [0.717, 1.165) is 0 Å². The largest absolute Gasteiger partial charge is 0.507 e. The van der Waals surface area contributed by atoms with Crippen molar-refractivity contribution in [2.75, 3.05) is 5.32 Å². The molecule has 2 aromatic carbocycles. The molecule has 0 saturated heterocycles. The van der Waals surface area contributed by atoms with Crippen LogP contribution in [0.1, 0.15) is 16.7 Å². The fraction of sp³-hybridized carbons (Fsp3) is 0.111. The molecule has 0 aliphatic rings. The van der Waals surface area contributed by atoms with Crippen molar-refractivity contribution in [2.24, 2.45) is 5.14 Å². The number of phenolic OH excluding ortho intramolecular Hbond substituents is 1. The number of amides is 1. The van der Waals surface area contributed by atoms with Crippen LogP contribution in [0.5, 0.6) is 5.75 Å². The lowest BCUT2D eigenvalue weighted by Crippen LogP contribution is -2.14. The molecule has 0 aromatic heterocycles. The quantitative estimate of drug-likeness (QED) is 0.560. The van der Waals surface area contributed by atoms with E-state index in [2.05, 4.69) is 5.32 Å². The van der Waals surface area contributed by atoms with E-state index in [1.54, 1.807) is 26.0 Å². The molecule has 0 unspecified atom stereocenters. The van der Waals surface area contributed by atoms with Crippen molar-refractivity contribution >= 4 is 27.7 Å². The van der Waals surface area contributed by atoms with Gasteiger partial charge in [-0.2, -0.15) is 5.26 Å². The molecule has 134 valence electrons. The summed E-state index contributed by atoms with van der Waals surface area (Å²) in [5.74, 6) is -0.473. The average Bonchev–Trinajstić information content (AvgIpc) is 2.57. The van der Waals surface area contributed by atoms with Gasteiger partial charge in [0.1, 0.15) is 17.4 Å². The number of nitrogens with two attached hydrogens (primary N) is 1. The monoisotopic (exact) mass is 371 g/mol. The molecular formula is C18H17N3O4S. The lowest BCUT2D eigenvalue weighted by Gasteiger charge is -2.07. The highest BCUT2D eigenvalue weighted by Gasteiger charge is 2.12. The Hall–Kier alpha value is -3.15. The molecule has 8 heteroatoms. The molecule has 0 atom stereocenters. The minimum absolute atomic E-state index is 0.0819. The number of aromatic hydroxyl groups is 1. The number of phenols is 1. The molecule has 7 nitrogen and oxygen atoms in total. The first-order chi connectivity index (χ1) is 12.1. The van der Waals surface area contributed by atoms with Crippen LogP contribution in [0.25, 0.3) is 6.08 Å². The molecule has 2 rings (SSSR count). The van der Waals surface area contributed by atoms with Crippen molar-refractivity contribution in [1.82, 2.24) is 0 Å². The van der Waals surface area contributed by atoms with Gasteiger partial charge in [0, 0.05) is 5.69 Å². The Kier molecular flexibility index (Phi) is 5.45. The second-order valence-electron chi connectivity index (χ2n) is 5.70. The number of benzene rings is 2. The Bertz CT molecular complexity index is 1010. The maximum atomic E-state index is 12.3. The van der Waals surface area contributed by atoms with E-state index in [0.29, 0.717) is 22.4 Å². The van der Waals surface area contributed by atoms with E-state index < -0.39 is 15.9 Å². The number of hydrogen-bond acceptors (Lipinski definition) is 5. The third kappa shape index (κ3) is 4.47. The van der Waals surface area contributed by atoms with Gasteiger partial charge in [0.25, 0.3) is 5.91 Å². The number of carbonyl (C=O) groups excluding carboxylic acids is 1. The number of sulfonamides is 1. The first-order valence-electron chi connectivity index (χ1n) is 7.48. The van der Waals surface area contributed by atoms with E-state index in [1.165, 1.54) is 30.3 Å². The number of nitrogens with one attached hydrogen (secondary N) is 1. The Labute approximate surface area is 151 Å². The van der Waals surface area contributed by atoms with Crippen molar-refractivity contribution in [3.63, 3.8) is 0 Å². The second kappa shape index (κ2) is 7.39. The van der Waals surface area contributed by atoms with Gasteiger partial charge in [0.2, 0.25) is 10.0 Å². The van der Waals surface area contributed by atoms with Gasteiger partial charge in [0.05, 0.1) is 4.90 Å². The molecule has 0 aliphatic carbocycles. The highest BCUT2D eigenvalue weighted by molar-refractivity contribution is 7.89. The first kappa shape index (κ1) is 19.2. The van der Waals surface area contributed by atoms with Gasteiger partial charge in [-0.15, -0.1) is 0 Å². The molecule has 0 aliphatic heterocycles.